The van der Waals surface area contributed by atoms with Gasteiger partial charge in [-0.2, -0.15) is 0 Å². The van der Waals surface area contributed by atoms with Gasteiger partial charge in [-0.1, -0.05) is 55.9 Å². The summed E-state index contributed by atoms with van der Waals surface area (Å²) in [6.07, 6.45) is 8.19. The van der Waals surface area contributed by atoms with Gasteiger partial charge in [-0.3, -0.25) is 0 Å². The topological polar surface area (TPSA) is 26.0 Å². The summed E-state index contributed by atoms with van der Waals surface area (Å²) < 4.78 is 0. The Labute approximate surface area is 105 Å². The molecule has 0 aliphatic heterocycles. The van der Waals surface area contributed by atoms with Crippen LogP contribution in [0, 0.1) is 19.8 Å². The molecule has 17 heavy (non-hydrogen) atoms. The zero-order valence-electron chi connectivity index (χ0n) is 11.2. The molecule has 0 amide bonds. The summed E-state index contributed by atoms with van der Waals surface area (Å²) in [7, 11) is 0. The molecule has 0 radical (unpaired) electrons. The lowest BCUT2D eigenvalue weighted by Gasteiger charge is -2.25. The van der Waals surface area contributed by atoms with Gasteiger partial charge in [-0.15, -0.1) is 0 Å². The van der Waals surface area contributed by atoms with E-state index in [1.807, 2.05) is 0 Å². The first kappa shape index (κ1) is 12.6. The third-order valence-electron chi connectivity index (χ3n) is 4.15. The third kappa shape index (κ3) is 3.32. The summed E-state index contributed by atoms with van der Waals surface area (Å²) in [5.41, 5.74) is 10.4. The minimum absolute atomic E-state index is 0.234. The van der Waals surface area contributed by atoms with Crippen molar-refractivity contribution in [3.05, 3.63) is 34.9 Å². The summed E-state index contributed by atoms with van der Waals surface area (Å²) in [4.78, 5) is 0. The molecule has 0 heterocycles. The number of rotatable bonds is 3. The fourth-order valence-corrected chi connectivity index (χ4v) is 3.07. The first-order chi connectivity index (χ1) is 8.16. The van der Waals surface area contributed by atoms with E-state index < -0.39 is 0 Å². The molecule has 1 saturated carbocycles. The molecule has 1 nitrogen and oxygen atoms in total. The van der Waals surface area contributed by atoms with E-state index in [-0.39, 0.29) is 6.04 Å². The van der Waals surface area contributed by atoms with Gasteiger partial charge < -0.3 is 5.73 Å². The minimum atomic E-state index is 0.234. The summed E-state index contributed by atoms with van der Waals surface area (Å²) in [6, 6.07) is 6.87. The van der Waals surface area contributed by atoms with Crippen LogP contribution in [-0.2, 0) is 0 Å². The van der Waals surface area contributed by atoms with E-state index in [1.54, 1.807) is 0 Å². The Balaban J connectivity index is 2.02. The van der Waals surface area contributed by atoms with Gasteiger partial charge in [0.15, 0.2) is 0 Å². The number of nitrogens with two attached hydrogens (primary N) is 1. The molecule has 94 valence electrons. The highest BCUT2D eigenvalue weighted by Gasteiger charge is 2.18. The molecule has 1 fully saturated rings. The summed E-state index contributed by atoms with van der Waals surface area (Å²) in [5.74, 6) is 0.860. The number of aryl methyl sites for hydroxylation is 2. The Hall–Kier alpha value is -0.820. The van der Waals surface area contributed by atoms with Gasteiger partial charge >= 0.3 is 0 Å². The number of benzene rings is 1. The van der Waals surface area contributed by atoms with Crippen LogP contribution in [0.3, 0.4) is 0 Å². The van der Waals surface area contributed by atoms with Crippen molar-refractivity contribution in [3.8, 4) is 0 Å². The van der Waals surface area contributed by atoms with Crippen molar-refractivity contribution in [1.82, 2.24) is 0 Å². The van der Waals surface area contributed by atoms with Crippen LogP contribution in [0.1, 0.15) is 61.3 Å². The molecule has 0 aromatic heterocycles. The molecular formula is C16H25N. The molecule has 2 rings (SSSR count). The molecule has 0 bridgehead atoms. The van der Waals surface area contributed by atoms with Crippen LogP contribution >= 0.6 is 0 Å². The predicted octanol–water partition coefficient (Wildman–Crippen LogP) is 4.27. The van der Waals surface area contributed by atoms with Crippen LogP contribution in [0.15, 0.2) is 18.2 Å². The first-order valence-electron chi connectivity index (χ1n) is 6.99. The molecule has 1 aliphatic carbocycles. The molecular weight excluding hydrogens is 206 g/mol. The van der Waals surface area contributed by atoms with Gasteiger partial charge in [-0.05, 0) is 37.3 Å². The molecule has 1 unspecified atom stereocenters. The predicted molar refractivity (Wildman–Crippen MR) is 74.0 cm³/mol. The fourth-order valence-electron chi connectivity index (χ4n) is 3.07. The Bertz CT molecular complexity index is 364. The quantitative estimate of drug-likeness (QED) is 0.826. The Kier molecular flexibility index (Phi) is 4.22. The summed E-state index contributed by atoms with van der Waals surface area (Å²) >= 11 is 0. The molecule has 2 N–H and O–H groups in total. The fraction of sp³-hybridized carbons (Fsp3) is 0.625. The maximum Gasteiger partial charge on any atom is 0.0300 e. The monoisotopic (exact) mass is 231 g/mol. The highest BCUT2D eigenvalue weighted by molar-refractivity contribution is 5.32. The smallest absolute Gasteiger partial charge is 0.0300 e. The largest absolute Gasteiger partial charge is 0.324 e. The van der Waals surface area contributed by atoms with Crippen LogP contribution in [0.2, 0.25) is 0 Å². The van der Waals surface area contributed by atoms with Crippen molar-refractivity contribution in [1.29, 1.82) is 0 Å². The molecule has 1 aromatic carbocycles. The molecule has 0 spiro atoms. The van der Waals surface area contributed by atoms with Crippen molar-refractivity contribution in [3.63, 3.8) is 0 Å². The van der Waals surface area contributed by atoms with E-state index in [1.165, 1.54) is 55.2 Å². The van der Waals surface area contributed by atoms with E-state index >= 15 is 0 Å². The van der Waals surface area contributed by atoms with Crippen molar-refractivity contribution in [2.24, 2.45) is 11.7 Å². The molecule has 1 heteroatoms. The lowest BCUT2D eigenvalue weighted by Crippen LogP contribution is -2.18. The second kappa shape index (κ2) is 5.68. The first-order valence-corrected chi connectivity index (χ1v) is 6.99. The lowest BCUT2D eigenvalue weighted by molar-refractivity contribution is 0.319. The van der Waals surface area contributed by atoms with Crippen LogP contribution in [-0.4, -0.2) is 0 Å². The summed E-state index contributed by atoms with van der Waals surface area (Å²) in [6.45, 7) is 4.33. The van der Waals surface area contributed by atoms with Crippen LogP contribution in [0.25, 0.3) is 0 Å². The van der Waals surface area contributed by atoms with E-state index in [4.69, 9.17) is 5.73 Å². The minimum Gasteiger partial charge on any atom is -0.324 e. The van der Waals surface area contributed by atoms with E-state index in [2.05, 4.69) is 32.0 Å². The van der Waals surface area contributed by atoms with Crippen molar-refractivity contribution >= 4 is 0 Å². The average molecular weight is 231 g/mol. The molecule has 1 aromatic rings. The maximum atomic E-state index is 6.40. The SMILES string of the molecule is Cc1ccc(C)c(C(N)CC2CCCCC2)c1. The van der Waals surface area contributed by atoms with E-state index in [0.717, 1.165) is 5.92 Å². The third-order valence-corrected chi connectivity index (χ3v) is 4.15. The standard InChI is InChI=1S/C16H25N/c1-12-8-9-13(2)15(10-12)16(17)11-14-6-4-3-5-7-14/h8-10,14,16H,3-7,11,17H2,1-2H3. The molecule has 1 aliphatic rings. The second-order valence-corrected chi connectivity index (χ2v) is 5.71. The van der Waals surface area contributed by atoms with Gasteiger partial charge in [0.25, 0.3) is 0 Å². The Morgan fingerprint density at radius 3 is 2.59 bits per heavy atom. The Morgan fingerprint density at radius 1 is 1.18 bits per heavy atom. The zero-order valence-corrected chi connectivity index (χ0v) is 11.2. The van der Waals surface area contributed by atoms with Gasteiger partial charge in [0.2, 0.25) is 0 Å². The second-order valence-electron chi connectivity index (χ2n) is 5.71. The van der Waals surface area contributed by atoms with E-state index in [9.17, 15) is 0 Å². The van der Waals surface area contributed by atoms with Gasteiger partial charge in [0.05, 0.1) is 0 Å². The summed E-state index contributed by atoms with van der Waals surface area (Å²) in [5, 5.41) is 0. The van der Waals surface area contributed by atoms with Crippen LogP contribution < -0.4 is 5.73 Å². The van der Waals surface area contributed by atoms with Crippen LogP contribution in [0.4, 0.5) is 0 Å². The average Bonchev–Trinajstić information content (AvgIpc) is 2.33. The van der Waals surface area contributed by atoms with Crippen molar-refractivity contribution < 1.29 is 0 Å². The van der Waals surface area contributed by atoms with E-state index in [0.29, 0.717) is 0 Å². The maximum absolute atomic E-state index is 6.40. The number of hydrogen-bond donors (Lipinski definition) is 1. The molecule has 0 saturated heterocycles. The van der Waals surface area contributed by atoms with Crippen molar-refractivity contribution in [2.75, 3.05) is 0 Å². The van der Waals surface area contributed by atoms with Gasteiger partial charge in [0.1, 0.15) is 0 Å². The van der Waals surface area contributed by atoms with Crippen LogP contribution in [0.5, 0.6) is 0 Å². The normalized spacial score (nSPS) is 19.2. The Morgan fingerprint density at radius 2 is 1.88 bits per heavy atom. The van der Waals surface area contributed by atoms with Gasteiger partial charge in [-0.25, -0.2) is 0 Å². The van der Waals surface area contributed by atoms with Crippen molar-refractivity contribution in [2.45, 2.75) is 58.4 Å². The lowest BCUT2D eigenvalue weighted by atomic mass is 9.83. The van der Waals surface area contributed by atoms with Gasteiger partial charge in [0, 0.05) is 6.04 Å². The number of hydrogen-bond acceptors (Lipinski definition) is 1. The highest BCUT2D eigenvalue weighted by Crippen LogP contribution is 2.31. The molecule has 1 atom stereocenters. The zero-order chi connectivity index (χ0) is 12.3. The highest BCUT2D eigenvalue weighted by atomic mass is 14.6.